The fraction of sp³-hybridized carbons (Fsp3) is 0.333. The van der Waals surface area contributed by atoms with Crippen molar-refractivity contribution in [3.63, 3.8) is 0 Å². The summed E-state index contributed by atoms with van der Waals surface area (Å²) < 4.78 is 0. The van der Waals surface area contributed by atoms with Crippen molar-refractivity contribution in [1.82, 2.24) is 5.32 Å². The molecule has 0 aliphatic heterocycles. The summed E-state index contributed by atoms with van der Waals surface area (Å²) in [5.74, 6) is 0.0885. The van der Waals surface area contributed by atoms with E-state index in [2.05, 4.69) is 15.4 Å². The Bertz CT molecular complexity index is 399. The molecule has 0 amide bonds. The van der Waals surface area contributed by atoms with Crippen LogP contribution < -0.4 is 5.32 Å². The summed E-state index contributed by atoms with van der Waals surface area (Å²) >= 11 is 0. The summed E-state index contributed by atoms with van der Waals surface area (Å²) in [6, 6.07) is 0. The van der Waals surface area contributed by atoms with Crippen molar-refractivity contribution in [2.45, 2.75) is 27.7 Å². The molecule has 0 atom stereocenters. The van der Waals surface area contributed by atoms with Gasteiger partial charge in [-0.3, -0.25) is 10.4 Å². The van der Waals surface area contributed by atoms with Crippen LogP contribution in [0.1, 0.15) is 27.7 Å². The molecule has 3 N–H and O–H groups in total. The molecule has 0 aliphatic rings. The molecule has 17 heavy (non-hydrogen) atoms. The van der Waals surface area contributed by atoms with Gasteiger partial charge in [-0.1, -0.05) is 18.2 Å². The van der Waals surface area contributed by atoms with Crippen LogP contribution in [0, 0.1) is 10.9 Å². The van der Waals surface area contributed by atoms with E-state index in [9.17, 15) is 0 Å². The third kappa shape index (κ3) is 5.01. The van der Waals surface area contributed by atoms with Crippen LogP contribution in [-0.2, 0) is 0 Å². The zero-order valence-electron chi connectivity index (χ0n) is 10.7. The van der Waals surface area contributed by atoms with E-state index in [1.165, 1.54) is 0 Å². The van der Waals surface area contributed by atoms with Crippen LogP contribution in [0.25, 0.3) is 0 Å². The molecule has 5 nitrogen and oxygen atoms in total. The number of nitrogens with one attached hydrogen (secondary N) is 3. The molecule has 0 fully saturated rings. The number of hydrogen-bond donors (Lipinski definition) is 3. The Balaban J connectivity index is 4.86. The molecular weight excluding hydrogens is 214 g/mol. The molecular formula is C12H19N5. The normalized spacial score (nSPS) is 14.0. The molecule has 0 unspecified atom stereocenters. The van der Waals surface area contributed by atoms with Gasteiger partial charge in [0.05, 0.1) is 11.4 Å². The van der Waals surface area contributed by atoms with Gasteiger partial charge in [-0.2, -0.15) is 5.11 Å². The second kappa shape index (κ2) is 8.15. The maximum Gasteiger partial charge on any atom is 0.150 e. The van der Waals surface area contributed by atoms with E-state index in [-0.39, 0.29) is 5.84 Å². The van der Waals surface area contributed by atoms with Crippen LogP contribution in [0.2, 0.25) is 0 Å². The van der Waals surface area contributed by atoms with Crippen LogP contribution in [-0.4, -0.2) is 11.5 Å². The van der Waals surface area contributed by atoms with Crippen molar-refractivity contribution in [3.8, 4) is 0 Å². The fourth-order valence-electron chi connectivity index (χ4n) is 1.09. The van der Waals surface area contributed by atoms with Crippen molar-refractivity contribution in [2.24, 2.45) is 10.1 Å². The molecule has 0 aliphatic carbocycles. The third-order valence-electron chi connectivity index (χ3n) is 2.01. The standard InChI is InChI=1S/C12H19N5/c1-5-8-15-9(4)10(6-2)16-12(13)11(7-3)17-14/h5-8,14H,1-4H3,(H2,13,16)/b8-5-,10-6-,11-7-,15-9-,17-14?. The second-order valence-electron chi connectivity index (χ2n) is 3.18. The van der Waals surface area contributed by atoms with E-state index < -0.39 is 0 Å². The van der Waals surface area contributed by atoms with E-state index in [1.54, 1.807) is 19.2 Å². The Hall–Kier alpha value is -2.04. The molecule has 0 aromatic carbocycles. The van der Waals surface area contributed by atoms with Crippen molar-refractivity contribution < 1.29 is 0 Å². The van der Waals surface area contributed by atoms with Crippen LogP contribution in [0.5, 0.6) is 0 Å². The number of hydrogen-bond acceptors (Lipinski definition) is 4. The molecule has 0 saturated heterocycles. The minimum absolute atomic E-state index is 0.0885. The zero-order chi connectivity index (χ0) is 13.3. The summed E-state index contributed by atoms with van der Waals surface area (Å²) in [5.41, 5.74) is 8.73. The highest BCUT2D eigenvalue weighted by Gasteiger charge is 2.06. The summed E-state index contributed by atoms with van der Waals surface area (Å²) in [7, 11) is 0. The highest BCUT2D eigenvalue weighted by Crippen LogP contribution is 2.01. The first-order chi connectivity index (χ1) is 8.10. The van der Waals surface area contributed by atoms with Gasteiger partial charge >= 0.3 is 0 Å². The Morgan fingerprint density at radius 2 is 1.82 bits per heavy atom. The largest absolute Gasteiger partial charge is 0.338 e. The number of allylic oxidation sites excluding steroid dienone is 4. The Morgan fingerprint density at radius 1 is 1.18 bits per heavy atom. The van der Waals surface area contributed by atoms with Gasteiger partial charge in [0.25, 0.3) is 0 Å². The monoisotopic (exact) mass is 233 g/mol. The van der Waals surface area contributed by atoms with E-state index in [0.29, 0.717) is 5.70 Å². The van der Waals surface area contributed by atoms with Gasteiger partial charge in [0, 0.05) is 6.20 Å². The second-order valence-corrected chi connectivity index (χ2v) is 3.18. The first kappa shape index (κ1) is 15.0. The summed E-state index contributed by atoms with van der Waals surface area (Å²) in [6.45, 7) is 7.33. The molecule has 92 valence electrons. The fourth-order valence-corrected chi connectivity index (χ4v) is 1.09. The van der Waals surface area contributed by atoms with E-state index >= 15 is 0 Å². The quantitative estimate of drug-likeness (QED) is 0.379. The lowest BCUT2D eigenvalue weighted by Crippen LogP contribution is -2.26. The Kier molecular flexibility index (Phi) is 7.17. The maximum atomic E-state index is 7.74. The van der Waals surface area contributed by atoms with E-state index in [1.807, 2.05) is 32.9 Å². The van der Waals surface area contributed by atoms with Crippen LogP contribution >= 0.6 is 0 Å². The summed E-state index contributed by atoms with van der Waals surface area (Å²) in [6.07, 6.45) is 6.95. The Labute approximate surface area is 102 Å². The maximum absolute atomic E-state index is 7.74. The van der Waals surface area contributed by atoms with Crippen LogP contribution in [0.15, 0.2) is 45.9 Å². The molecule has 5 heteroatoms. The molecule has 0 spiro atoms. The number of amidine groups is 1. The highest BCUT2D eigenvalue weighted by molar-refractivity contribution is 6.05. The first-order valence-corrected chi connectivity index (χ1v) is 5.32. The Morgan fingerprint density at radius 3 is 2.24 bits per heavy atom. The molecule has 0 radical (unpaired) electrons. The lowest BCUT2D eigenvalue weighted by Gasteiger charge is -2.10. The minimum atomic E-state index is 0.0885. The number of aliphatic imine (C=N–C) groups is 1. The van der Waals surface area contributed by atoms with Gasteiger partial charge in [0.2, 0.25) is 0 Å². The average molecular weight is 233 g/mol. The average Bonchev–Trinajstić information content (AvgIpc) is 2.34. The third-order valence-corrected chi connectivity index (χ3v) is 2.01. The van der Waals surface area contributed by atoms with Crippen molar-refractivity contribution in [3.05, 3.63) is 35.8 Å². The molecule has 0 rings (SSSR count). The molecule has 0 bridgehead atoms. The zero-order valence-corrected chi connectivity index (χ0v) is 10.7. The van der Waals surface area contributed by atoms with Gasteiger partial charge in [0.1, 0.15) is 5.70 Å². The van der Waals surface area contributed by atoms with Crippen molar-refractivity contribution in [2.75, 3.05) is 0 Å². The number of rotatable bonds is 5. The summed E-state index contributed by atoms with van der Waals surface area (Å²) in [4.78, 5) is 4.19. The van der Waals surface area contributed by atoms with Gasteiger partial charge in [-0.05, 0) is 27.7 Å². The molecule has 0 aromatic heterocycles. The van der Waals surface area contributed by atoms with Crippen molar-refractivity contribution in [1.29, 1.82) is 10.9 Å². The smallest absolute Gasteiger partial charge is 0.150 e. The van der Waals surface area contributed by atoms with Gasteiger partial charge < -0.3 is 5.32 Å². The molecule has 0 aromatic rings. The van der Waals surface area contributed by atoms with E-state index in [0.717, 1.165) is 11.4 Å². The highest BCUT2D eigenvalue weighted by atomic mass is 15.1. The predicted molar refractivity (Wildman–Crippen MR) is 71.4 cm³/mol. The van der Waals surface area contributed by atoms with Crippen LogP contribution in [0.3, 0.4) is 0 Å². The minimum Gasteiger partial charge on any atom is -0.338 e. The topological polar surface area (TPSA) is 84.5 Å². The number of nitrogens with zero attached hydrogens (tertiary/aromatic N) is 2. The van der Waals surface area contributed by atoms with Gasteiger partial charge in [-0.25, -0.2) is 5.53 Å². The van der Waals surface area contributed by atoms with Crippen molar-refractivity contribution >= 4 is 11.5 Å². The molecule has 0 saturated carbocycles. The lowest BCUT2D eigenvalue weighted by atomic mass is 10.2. The van der Waals surface area contributed by atoms with E-state index in [4.69, 9.17) is 10.9 Å². The first-order valence-electron chi connectivity index (χ1n) is 5.32. The van der Waals surface area contributed by atoms with Gasteiger partial charge in [0.15, 0.2) is 5.84 Å². The van der Waals surface area contributed by atoms with Gasteiger partial charge in [-0.15, -0.1) is 0 Å². The summed E-state index contributed by atoms with van der Waals surface area (Å²) in [5, 5.41) is 13.9. The SMILES string of the molecule is C\C=C/N=C(C)\C(=C\C)NC(=N)/C(=C/C)N=N. The van der Waals surface area contributed by atoms with Crippen LogP contribution in [0.4, 0.5) is 0 Å². The molecule has 0 heterocycles. The lowest BCUT2D eigenvalue weighted by molar-refractivity contribution is 1.05. The predicted octanol–water partition coefficient (Wildman–Crippen LogP) is 3.39.